The van der Waals surface area contributed by atoms with Crippen molar-refractivity contribution in [3.63, 3.8) is 0 Å². The van der Waals surface area contributed by atoms with Gasteiger partial charge in [-0.15, -0.1) is 0 Å². The standard InChI is InChI=1S/C30H40O3/c1-3-9-24-10-12-25(13-11-24)26-14-18-28(19-15-26)32-22-7-5-6-8-23-33-29-20-16-27(17-21-29)30(31)4-2/h4,14-21,24-25H,2-3,5-13,22-23H2,1H3. The summed E-state index contributed by atoms with van der Waals surface area (Å²) >= 11 is 0. The number of allylic oxidation sites excluding steroid dienone is 1. The van der Waals surface area contributed by atoms with Gasteiger partial charge in [-0.2, -0.15) is 0 Å². The number of carbonyl (C=O) groups is 1. The van der Waals surface area contributed by atoms with E-state index in [0.717, 1.165) is 55.6 Å². The van der Waals surface area contributed by atoms with E-state index in [-0.39, 0.29) is 5.78 Å². The molecular weight excluding hydrogens is 408 g/mol. The summed E-state index contributed by atoms with van der Waals surface area (Å²) in [5.74, 6) is 3.42. The zero-order chi connectivity index (χ0) is 23.3. The van der Waals surface area contributed by atoms with Gasteiger partial charge in [0.15, 0.2) is 5.78 Å². The summed E-state index contributed by atoms with van der Waals surface area (Å²) in [5.41, 5.74) is 2.13. The molecule has 0 heterocycles. The molecule has 0 saturated heterocycles. The maximum Gasteiger partial charge on any atom is 0.185 e. The summed E-state index contributed by atoms with van der Waals surface area (Å²) in [7, 11) is 0. The van der Waals surface area contributed by atoms with Gasteiger partial charge in [-0.1, -0.05) is 38.5 Å². The van der Waals surface area contributed by atoms with Crippen molar-refractivity contribution >= 4 is 5.78 Å². The molecule has 0 atom stereocenters. The first kappa shape index (κ1) is 25.1. The highest BCUT2D eigenvalue weighted by molar-refractivity contribution is 6.04. The largest absolute Gasteiger partial charge is 0.494 e. The number of unbranched alkanes of at least 4 members (excludes halogenated alkanes) is 3. The van der Waals surface area contributed by atoms with Gasteiger partial charge in [0.2, 0.25) is 0 Å². The van der Waals surface area contributed by atoms with Crippen LogP contribution in [0.5, 0.6) is 11.5 Å². The predicted molar refractivity (Wildman–Crippen MR) is 136 cm³/mol. The predicted octanol–water partition coefficient (Wildman–Crippen LogP) is 8.15. The smallest absolute Gasteiger partial charge is 0.185 e. The minimum Gasteiger partial charge on any atom is -0.494 e. The Morgan fingerprint density at radius 1 is 0.848 bits per heavy atom. The van der Waals surface area contributed by atoms with E-state index in [2.05, 4.69) is 37.8 Å². The second-order valence-corrected chi connectivity index (χ2v) is 9.28. The Morgan fingerprint density at radius 2 is 1.39 bits per heavy atom. The first-order valence-corrected chi connectivity index (χ1v) is 12.8. The Morgan fingerprint density at radius 3 is 1.91 bits per heavy atom. The van der Waals surface area contributed by atoms with Gasteiger partial charge >= 0.3 is 0 Å². The van der Waals surface area contributed by atoms with Crippen molar-refractivity contribution < 1.29 is 14.3 Å². The van der Waals surface area contributed by atoms with Gasteiger partial charge in [0, 0.05) is 5.56 Å². The van der Waals surface area contributed by atoms with E-state index in [9.17, 15) is 4.79 Å². The molecule has 2 aromatic carbocycles. The fourth-order valence-electron chi connectivity index (χ4n) is 4.80. The van der Waals surface area contributed by atoms with Crippen LogP contribution in [-0.2, 0) is 0 Å². The molecule has 0 bridgehead atoms. The zero-order valence-electron chi connectivity index (χ0n) is 20.3. The van der Waals surface area contributed by atoms with Crippen LogP contribution in [0, 0.1) is 5.92 Å². The molecule has 1 saturated carbocycles. The number of hydrogen-bond acceptors (Lipinski definition) is 3. The van der Waals surface area contributed by atoms with Crippen molar-refractivity contribution in [3.8, 4) is 11.5 Å². The molecule has 0 unspecified atom stereocenters. The van der Waals surface area contributed by atoms with Crippen LogP contribution in [0.25, 0.3) is 0 Å². The highest BCUT2D eigenvalue weighted by Crippen LogP contribution is 2.37. The van der Waals surface area contributed by atoms with Crippen molar-refractivity contribution in [1.82, 2.24) is 0 Å². The van der Waals surface area contributed by atoms with Crippen LogP contribution in [0.4, 0.5) is 0 Å². The minimum absolute atomic E-state index is 0.0653. The van der Waals surface area contributed by atoms with Crippen LogP contribution >= 0.6 is 0 Å². The molecule has 3 heteroatoms. The number of benzene rings is 2. The van der Waals surface area contributed by atoms with Crippen molar-refractivity contribution in [1.29, 1.82) is 0 Å². The number of ether oxygens (including phenoxy) is 2. The van der Waals surface area contributed by atoms with Crippen LogP contribution in [-0.4, -0.2) is 19.0 Å². The van der Waals surface area contributed by atoms with Gasteiger partial charge in [-0.3, -0.25) is 4.79 Å². The van der Waals surface area contributed by atoms with E-state index in [1.165, 1.54) is 50.2 Å². The van der Waals surface area contributed by atoms with Gasteiger partial charge in [-0.25, -0.2) is 0 Å². The molecule has 0 N–H and O–H groups in total. The first-order chi connectivity index (χ1) is 16.2. The molecule has 1 aliphatic rings. The summed E-state index contributed by atoms with van der Waals surface area (Å²) < 4.78 is 11.7. The lowest BCUT2D eigenvalue weighted by molar-refractivity contribution is 0.104. The molecule has 0 radical (unpaired) electrons. The topological polar surface area (TPSA) is 35.5 Å². The van der Waals surface area contributed by atoms with Crippen molar-refractivity contribution in [2.45, 2.75) is 77.0 Å². The van der Waals surface area contributed by atoms with Gasteiger partial charge in [-0.05, 0) is 111 Å². The lowest BCUT2D eigenvalue weighted by Gasteiger charge is -2.28. The van der Waals surface area contributed by atoms with Crippen molar-refractivity contribution in [2.75, 3.05) is 13.2 Å². The fraction of sp³-hybridized carbons (Fsp3) is 0.500. The van der Waals surface area contributed by atoms with Crippen LogP contribution in [0.1, 0.15) is 93.0 Å². The monoisotopic (exact) mass is 448 g/mol. The summed E-state index contributed by atoms with van der Waals surface area (Å²) in [6.45, 7) is 7.27. The van der Waals surface area contributed by atoms with E-state index < -0.39 is 0 Å². The zero-order valence-corrected chi connectivity index (χ0v) is 20.3. The van der Waals surface area contributed by atoms with Gasteiger partial charge in [0.05, 0.1) is 13.2 Å². The average Bonchev–Trinajstić information content (AvgIpc) is 2.86. The molecule has 1 aliphatic carbocycles. The highest BCUT2D eigenvalue weighted by atomic mass is 16.5. The molecular formula is C30H40O3. The Hall–Kier alpha value is -2.55. The Bertz CT molecular complexity index is 830. The Kier molecular flexibility index (Phi) is 10.5. The quantitative estimate of drug-likeness (QED) is 0.166. The molecule has 0 spiro atoms. The summed E-state index contributed by atoms with van der Waals surface area (Å²) in [6, 6.07) is 16.1. The number of rotatable bonds is 14. The number of carbonyl (C=O) groups excluding carboxylic acids is 1. The van der Waals surface area contributed by atoms with E-state index in [1.54, 1.807) is 12.1 Å². The second-order valence-electron chi connectivity index (χ2n) is 9.28. The number of ketones is 1. The maximum atomic E-state index is 11.5. The molecule has 0 aromatic heterocycles. The number of hydrogen-bond donors (Lipinski definition) is 0. The molecule has 3 nitrogen and oxygen atoms in total. The Balaban J connectivity index is 1.23. The normalized spacial score (nSPS) is 18.0. The van der Waals surface area contributed by atoms with E-state index in [1.807, 2.05) is 12.1 Å². The van der Waals surface area contributed by atoms with Crippen molar-refractivity contribution in [3.05, 3.63) is 72.3 Å². The summed E-state index contributed by atoms with van der Waals surface area (Å²) in [5, 5.41) is 0. The summed E-state index contributed by atoms with van der Waals surface area (Å²) in [6.07, 6.45) is 13.9. The minimum atomic E-state index is -0.0653. The van der Waals surface area contributed by atoms with Crippen LogP contribution in [0.15, 0.2) is 61.2 Å². The summed E-state index contributed by atoms with van der Waals surface area (Å²) in [4.78, 5) is 11.5. The van der Waals surface area contributed by atoms with Gasteiger partial charge in [0.1, 0.15) is 11.5 Å². The third-order valence-electron chi connectivity index (χ3n) is 6.80. The van der Waals surface area contributed by atoms with Gasteiger partial charge in [0.25, 0.3) is 0 Å². The van der Waals surface area contributed by atoms with Crippen LogP contribution in [0.3, 0.4) is 0 Å². The third-order valence-corrected chi connectivity index (χ3v) is 6.80. The molecule has 0 amide bonds. The third kappa shape index (κ3) is 8.38. The Labute approximate surface area is 200 Å². The lowest BCUT2D eigenvalue weighted by Crippen LogP contribution is -2.13. The van der Waals surface area contributed by atoms with Crippen molar-refractivity contribution in [2.24, 2.45) is 5.92 Å². The molecule has 33 heavy (non-hydrogen) atoms. The first-order valence-electron chi connectivity index (χ1n) is 12.8. The van der Waals surface area contributed by atoms with E-state index in [0.29, 0.717) is 12.2 Å². The fourth-order valence-corrected chi connectivity index (χ4v) is 4.80. The molecule has 2 aromatic rings. The van der Waals surface area contributed by atoms with Crippen LogP contribution in [0.2, 0.25) is 0 Å². The average molecular weight is 449 g/mol. The van der Waals surface area contributed by atoms with E-state index >= 15 is 0 Å². The SMILES string of the molecule is C=CC(=O)c1ccc(OCCCCCCOc2ccc(C3CCC(CCC)CC3)cc2)cc1. The second kappa shape index (κ2) is 13.9. The lowest BCUT2D eigenvalue weighted by atomic mass is 9.77. The molecule has 3 rings (SSSR count). The molecule has 1 fully saturated rings. The molecule has 178 valence electrons. The molecule has 0 aliphatic heterocycles. The maximum absolute atomic E-state index is 11.5. The van der Waals surface area contributed by atoms with Crippen LogP contribution < -0.4 is 9.47 Å². The van der Waals surface area contributed by atoms with Gasteiger partial charge < -0.3 is 9.47 Å². The van der Waals surface area contributed by atoms with E-state index in [4.69, 9.17) is 9.47 Å². The highest BCUT2D eigenvalue weighted by Gasteiger charge is 2.21.